The lowest BCUT2D eigenvalue weighted by Crippen LogP contribution is -2.21. The molecule has 0 aliphatic heterocycles. The van der Waals surface area contributed by atoms with Crippen molar-refractivity contribution in [1.29, 1.82) is 0 Å². The van der Waals surface area contributed by atoms with Crippen LogP contribution in [0.5, 0.6) is 0 Å². The second-order valence-electron chi connectivity index (χ2n) is 3.56. The van der Waals surface area contributed by atoms with Crippen LogP contribution in [0, 0.1) is 0 Å². The molecular weight excluding hydrogens is 284 g/mol. The number of nitrogens with one attached hydrogen (secondary N) is 1. The highest BCUT2D eigenvalue weighted by atomic mass is 35.5. The van der Waals surface area contributed by atoms with Crippen LogP contribution in [-0.4, -0.2) is 28.9 Å². The molecule has 0 fully saturated rings. The van der Waals surface area contributed by atoms with Crippen molar-refractivity contribution in [1.82, 2.24) is 4.90 Å². The Morgan fingerprint density at radius 1 is 1.28 bits per heavy atom. The average Bonchev–Trinajstić information content (AvgIpc) is 2.31. The Bertz CT molecular complexity index is 349. The van der Waals surface area contributed by atoms with Gasteiger partial charge < -0.3 is 10.2 Å². The Labute approximate surface area is 126 Å². The maximum atomic E-state index is 5.72. The van der Waals surface area contributed by atoms with Crippen LogP contribution in [0.4, 0.5) is 5.69 Å². The molecule has 0 saturated heterocycles. The molecule has 0 spiro atoms. The van der Waals surface area contributed by atoms with E-state index in [-0.39, 0.29) is 0 Å². The second kappa shape index (κ2) is 10.6. The summed E-state index contributed by atoms with van der Waals surface area (Å²) in [7, 11) is 0. The van der Waals surface area contributed by atoms with Gasteiger partial charge in [0.05, 0.1) is 0 Å². The molecule has 1 aromatic carbocycles. The van der Waals surface area contributed by atoms with Crippen LogP contribution in [0.2, 0.25) is 5.02 Å². The van der Waals surface area contributed by atoms with Gasteiger partial charge in [0.1, 0.15) is 4.32 Å². The lowest BCUT2D eigenvalue weighted by molar-refractivity contribution is 0.321. The first-order chi connectivity index (χ1) is 8.53. The van der Waals surface area contributed by atoms with Gasteiger partial charge in [-0.15, -0.1) is 12.6 Å². The Kier molecular flexibility index (Phi) is 10.4. The second-order valence-corrected chi connectivity index (χ2v) is 5.15. The van der Waals surface area contributed by atoms with Crippen molar-refractivity contribution in [3.8, 4) is 0 Å². The van der Waals surface area contributed by atoms with Crippen molar-refractivity contribution in [2.75, 3.05) is 25.0 Å². The summed E-state index contributed by atoms with van der Waals surface area (Å²) < 4.78 is 0.437. The average molecular weight is 305 g/mol. The number of benzene rings is 1. The fourth-order valence-electron chi connectivity index (χ4n) is 1.36. The molecule has 1 rings (SSSR count). The van der Waals surface area contributed by atoms with Crippen LogP contribution in [0.25, 0.3) is 0 Å². The predicted octanol–water partition coefficient (Wildman–Crippen LogP) is 4.31. The smallest absolute Gasteiger partial charge is 0.135 e. The molecule has 18 heavy (non-hydrogen) atoms. The number of hydrogen-bond acceptors (Lipinski definition) is 2. The van der Waals surface area contributed by atoms with Crippen LogP contribution < -0.4 is 5.32 Å². The van der Waals surface area contributed by atoms with Crippen LogP contribution in [0.15, 0.2) is 24.3 Å². The van der Waals surface area contributed by atoms with E-state index in [1.807, 2.05) is 12.1 Å². The van der Waals surface area contributed by atoms with Crippen molar-refractivity contribution >= 4 is 46.5 Å². The highest BCUT2D eigenvalue weighted by Gasteiger charge is 1.92. The molecule has 1 aromatic rings. The van der Waals surface area contributed by atoms with E-state index in [2.05, 4.69) is 43.6 Å². The summed E-state index contributed by atoms with van der Waals surface area (Å²) >= 11 is 14.4. The standard InChI is InChI=1S/C7H6ClNS2.C6H15N/c8-5-2-1-3-6(4-5)9-7(10)11;1-4-7(5-2)6-3/h1-4H,(H2,9,10,11);4-6H2,1-3H3. The first-order valence-corrected chi connectivity index (χ1v) is 7.24. The van der Waals surface area contributed by atoms with Gasteiger partial charge in [-0.2, -0.15) is 0 Å². The minimum atomic E-state index is 0.437. The van der Waals surface area contributed by atoms with Crippen molar-refractivity contribution in [2.45, 2.75) is 20.8 Å². The largest absolute Gasteiger partial charge is 0.341 e. The molecule has 0 aromatic heterocycles. The van der Waals surface area contributed by atoms with Gasteiger partial charge in [0.15, 0.2) is 0 Å². The minimum absolute atomic E-state index is 0.437. The fraction of sp³-hybridized carbons (Fsp3) is 0.462. The van der Waals surface area contributed by atoms with Gasteiger partial charge in [0.2, 0.25) is 0 Å². The van der Waals surface area contributed by atoms with Gasteiger partial charge in [0, 0.05) is 10.7 Å². The van der Waals surface area contributed by atoms with Gasteiger partial charge >= 0.3 is 0 Å². The first kappa shape index (κ1) is 17.7. The summed E-state index contributed by atoms with van der Waals surface area (Å²) in [5.41, 5.74) is 0.859. The molecule has 0 saturated carbocycles. The molecule has 0 bridgehead atoms. The third-order valence-electron chi connectivity index (χ3n) is 2.42. The minimum Gasteiger partial charge on any atom is -0.341 e. The first-order valence-electron chi connectivity index (χ1n) is 6.01. The number of rotatable bonds is 4. The molecule has 102 valence electrons. The quantitative estimate of drug-likeness (QED) is 0.637. The van der Waals surface area contributed by atoms with Crippen LogP contribution in [0.1, 0.15) is 20.8 Å². The van der Waals surface area contributed by atoms with E-state index in [4.69, 9.17) is 23.8 Å². The van der Waals surface area contributed by atoms with Crippen LogP contribution in [0.3, 0.4) is 0 Å². The highest BCUT2D eigenvalue weighted by Crippen LogP contribution is 2.14. The predicted molar refractivity (Wildman–Crippen MR) is 90.1 cm³/mol. The lowest BCUT2D eigenvalue weighted by Gasteiger charge is -2.13. The summed E-state index contributed by atoms with van der Waals surface area (Å²) in [6.45, 7) is 10.1. The molecule has 0 unspecified atom stereocenters. The molecule has 0 amide bonds. The topological polar surface area (TPSA) is 15.3 Å². The monoisotopic (exact) mass is 304 g/mol. The molecule has 0 aliphatic rings. The van der Waals surface area contributed by atoms with E-state index in [1.54, 1.807) is 12.1 Å². The number of thiol groups is 1. The maximum absolute atomic E-state index is 5.72. The van der Waals surface area contributed by atoms with E-state index < -0.39 is 0 Å². The number of thiocarbonyl (C=S) groups is 1. The van der Waals surface area contributed by atoms with Crippen molar-refractivity contribution < 1.29 is 0 Å². The zero-order chi connectivity index (χ0) is 14.0. The van der Waals surface area contributed by atoms with Crippen molar-refractivity contribution in [2.24, 2.45) is 0 Å². The Morgan fingerprint density at radius 3 is 2.17 bits per heavy atom. The normalized spacial score (nSPS) is 9.67. The van der Waals surface area contributed by atoms with Gasteiger partial charge in [0.25, 0.3) is 0 Å². The summed E-state index contributed by atoms with van der Waals surface area (Å²) in [5.74, 6) is 0. The molecule has 1 N–H and O–H groups in total. The van der Waals surface area contributed by atoms with E-state index in [0.717, 1.165) is 5.69 Å². The zero-order valence-corrected chi connectivity index (χ0v) is 13.6. The lowest BCUT2D eigenvalue weighted by atomic mass is 10.3. The van der Waals surface area contributed by atoms with E-state index in [0.29, 0.717) is 9.34 Å². The molecule has 0 heterocycles. The third-order valence-corrected chi connectivity index (χ3v) is 2.87. The number of hydrogen-bond donors (Lipinski definition) is 2. The number of nitrogens with zero attached hydrogens (tertiary/aromatic N) is 1. The summed E-state index contributed by atoms with van der Waals surface area (Å²) in [4.78, 5) is 2.38. The van der Waals surface area contributed by atoms with Gasteiger partial charge in [-0.1, -0.05) is 50.7 Å². The Hall–Kier alpha value is -0.290. The van der Waals surface area contributed by atoms with E-state index in [9.17, 15) is 0 Å². The van der Waals surface area contributed by atoms with E-state index in [1.165, 1.54) is 19.6 Å². The zero-order valence-electron chi connectivity index (χ0n) is 11.1. The summed E-state index contributed by atoms with van der Waals surface area (Å²) in [6.07, 6.45) is 0. The van der Waals surface area contributed by atoms with Crippen molar-refractivity contribution in [3.63, 3.8) is 0 Å². The van der Waals surface area contributed by atoms with E-state index >= 15 is 0 Å². The maximum Gasteiger partial charge on any atom is 0.135 e. The number of anilines is 1. The van der Waals surface area contributed by atoms with Gasteiger partial charge in [-0.25, -0.2) is 0 Å². The molecule has 0 atom stereocenters. The van der Waals surface area contributed by atoms with Gasteiger partial charge in [-0.05, 0) is 37.8 Å². The molecule has 5 heteroatoms. The third kappa shape index (κ3) is 8.75. The fourth-order valence-corrected chi connectivity index (χ4v) is 1.80. The van der Waals surface area contributed by atoms with Gasteiger partial charge in [-0.3, -0.25) is 0 Å². The molecular formula is C13H21ClN2S2. The Balaban J connectivity index is 0.000000360. The molecule has 0 aliphatic carbocycles. The van der Waals surface area contributed by atoms with Crippen LogP contribution >= 0.6 is 36.4 Å². The van der Waals surface area contributed by atoms with Crippen LogP contribution in [-0.2, 0) is 0 Å². The summed E-state index contributed by atoms with van der Waals surface area (Å²) in [5, 5.41) is 3.54. The molecule has 0 radical (unpaired) electrons. The summed E-state index contributed by atoms with van der Waals surface area (Å²) in [6, 6.07) is 7.30. The number of halogens is 1. The van der Waals surface area contributed by atoms with Crippen molar-refractivity contribution in [3.05, 3.63) is 29.3 Å². The molecule has 2 nitrogen and oxygen atoms in total. The highest BCUT2D eigenvalue weighted by molar-refractivity contribution is 8.11. The Morgan fingerprint density at radius 2 is 1.83 bits per heavy atom. The SMILES string of the molecule is CCN(CC)CC.S=C(S)Nc1cccc(Cl)c1.